The van der Waals surface area contributed by atoms with Gasteiger partial charge in [0.05, 0.1) is 25.7 Å². The number of aliphatic hydroxyl groups is 1. The van der Waals surface area contributed by atoms with Crippen molar-refractivity contribution in [1.29, 1.82) is 0 Å². The normalized spacial score (nSPS) is 11.5. The number of carbonyl (C=O) groups excluding carboxylic acids is 1. The maximum atomic E-state index is 12.2. The van der Waals surface area contributed by atoms with Crippen LogP contribution in [0.25, 0.3) is 5.57 Å². The van der Waals surface area contributed by atoms with E-state index in [0.29, 0.717) is 22.4 Å². The number of aliphatic hydroxyl groups excluding tert-OH is 1. The zero-order valence-corrected chi connectivity index (χ0v) is 14.3. The summed E-state index contributed by atoms with van der Waals surface area (Å²) in [4.78, 5) is 23.5. The van der Waals surface area contributed by atoms with E-state index in [9.17, 15) is 14.7 Å². The van der Waals surface area contributed by atoms with Crippen molar-refractivity contribution in [3.05, 3.63) is 71.3 Å². The van der Waals surface area contributed by atoms with Crippen LogP contribution in [0, 0.1) is 0 Å². The van der Waals surface area contributed by atoms with Gasteiger partial charge in [-0.25, -0.2) is 4.79 Å². The lowest BCUT2D eigenvalue weighted by atomic mass is 9.91. The lowest BCUT2D eigenvalue weighted by Crippen LogP contribution is -2.12. The van der Waals surface area contributed by atoms with E-state index >= 15 is 0 Å². The Morgan fingerprint density at radius 3 is 2.12 bits per heavy atom. The van der Waals surface area contributed by atoms with Gasteiger partial charge in [0, 0.05) is 0 Å². The molecule has 0 saturated heterocycles. The van der Waals surface area contributed by atoms with Crippen LogP contribution in [0.4, 0.5) is 0 Å². The van der Waals surface area contributed by atoms with Crippen LogP contribution in [0.1, 0.15) is 17.5 Å². The predicted molar refractivity (Wildman–Crippen MR) is 95.8 cm³/mol. The van der Waals surface area contributed by atoms with E-state index in [1.165, 1.54) is 7.11 Å². The second-order valence-corrected chi connectivity index (χ2v) is 5.38. The van der Waals surface area contributed by atoms with Crippen molar-refractivity contribution in [2.24, 2.45) is 0 Å². The van der Waals surface area contributed by atoms with Gasteiger partial charge in [-0.1, -0.05) is 42.5 Å². The summed E-state index contributed by atoms with van der Waals surface area (Å²) < 4.78 is 10.1. The smallest absolute Gasteiger partial charge is 0.334 e. The highest BCUT2D eigenvalue weighted by Gasteiger charge is 2.21. The number of esters is 1. The zero-order chi connectivity index (χ0) is 18.9. The Bertz CT molecular complexity index is 778. The summed E-state index contributed by atoms with van der Waals surface area (Å²) in [7, 11) is 1.22. The summed E-state index contributed by atoms with van der Waals surface area (Å²) in [5, 5.41) is 18.1. The van der Waals surface area contributed by atoms with Crippen LogP contribution in [0.3, 0.4) is 0 Å². The van der Waals surface area contributed by atoms with Crippen LogP contribution >= 0.6 is 0 Å². The van der Waals surface area contributed by atoms with Gasteiger partial charge >= 0.3 is 11.9 Å². The monoisotopic (exact) mass is 356 g/mol. The van der Waals surface area contributed by atoms with Crippen molar-refractivity contribution in [2.45, 2.75) is 6.42 Å². The largest absolute Gasteiger partial charge is 0.491 e. The SMILES string of the molecule is COC(=O)/C(CC(=O)O)=C(\c1ccccc1)c1ccc(OCCO)cc1. The first-order valence-electron chi connectivity index (χ1n) is 7.99. The number of hydrogen-bond donors (Lipinski definition) is 2. The summed E-state index contributed by atoms with van der Waals surface area (Å²) in [5.41, 5.74) is 1.93. The minimum Gasteiger partial charge on any atom is -0.491 e. The molecule has 2 rings (SSSR count). The van der Waals surface area contributed by atoms with Crippen molar-refractivity contribution in [2.75, 3.05) is 20.3 Å². The molecule has 0 heterocycles. The van der Waals surface area contributed by atoms with Crippen LogP contribution in [-0.4, -0.2) is 42.5 Å². The first-order valence-corrected chi connectivity index (χ1v) is 7.99. The van der Waals surface area contributed by atoms with Crippen molar-refractivity contribution in [3.63, 3.8) is 0 Å². The molecular formula is C20H20O6. The van der Waals surface area contributed by atoms with Gasteiger partial charge in [-0.2, -0.15) is 0 Å². The van der Waals surface area contributed by atoms with Crippen LogP contribution in [0.2, 0.25) is 0 Å². The van der Waals surface area contributed by atoms with Gasteiger partial charge in [0.1, 0.15) is 12.4 Å². The average Bonchev–Trinajstić information content (AvgIpc) is 2.66. The molecule has 0 aliphatic carbocycles. The molecule has 0 saturated carbocycles. The molecule has 6 heteroatoms. The van der Waals surface area contributed by atoms with Gasteiger partial charge in [0.2, 0.25) is 0 Å². The zero-order valence-electron chi connectivity index (χ0n) is 14.3. The second-order valence-electron chi connectivity index (χ2n) is 5.38. The molecule has 0 atom stereocenters. The molecule has 2 aromatic rings. The van der Waals surface area contributed by atoms with Crippen molar-refractivity contribution >= 4 is 17.5 Å². The molecule has 0 radical (unpaired) electrons. The Morgan fingerprint density at radius 1 is 0.962 bits per heavy atom. The fourth-order valence-corrected chi connectivity index (χ4v) is 2.54. The van der Waals surface area contributed by atoms with Gasteiger partial charge in [0.15, 0.2) is 0 Å². The van der Waals surface area contributed by atoms with E-state index in [1.54, 1.807) is 36.4 Å². The van der Waals surface area contributed by atoms with Crippen LogP contribution in [-0.2, 0) is 14.3 Å². The van der Waals surface area contributed by atoms with Crippen LogP contribution < -0.4 is 4.74 Å². The van der Waals surface area contributed by atoms with E-state index < -0.39 is 18.4 Å². The standard InChI is InChI=1S/C20H20O6/c1-25-20(24)17(13-18(22)23)19(14-5-3-2-4-6-14)15-7-9-16(10-8-15)26-12-11-21/h2-10,21H,11-13H2,1H3,(H,22,23)/b19-17+. The Labute approximate surface area is 151 Å². The highest BCUT2D eigenvalue weighted by Crippen LogP contribution is 2.30. The third-order valence-corrected chi connectivity index (χ3v) is 3.63. The third-order valence-electron chi connectivity index (χ3n) is 3.63. The molecule has 0 amide bonds. The number of hydrogen-bond acceptors (Lipinski definition) is 5. The maximum Gasteiger partial charge on any atom is 0.334 e. The molecule has 0 aliphatic rings. The average molecular weight is 356 g/mol. The molecule has 0 aromatic heterocycles. The van der Waals surface area contributed by atoms with E-state index in [-0.39, 0.29) is 18.8 Å². The maximum absolute atomic E-state index is 12.2. The number of methoxy groups -OCH3 is 1. The quantitative estimate of drug-likeness (QED) is 0.558. The molecule has 0 bridgehead atoms. The number of carbonyl (C=O) groups is 2. The topological polar surface area (TPSA) is 93.1 Å². The summed E-state index contributed by atoms with van der Waals surface area (Å²) in [6, 6.07) is 15.9. The van der Waals surface area contributed by atoms with Crippen LogP contribution in [0.5, 0.6) is 5.75 Å². The molecule has 0 unspecified atom stereocenters. The van der Waals surface area contributed by atoms with Gasteiger partial charge in [0.25, 0.3) is 0 Å². The predicted octanol–water partition coefficient (Wildman–Crippen LogP) is 2.51. The van der Waals surface area contributed by atoms with E-state index in [2.05, 4.69) is 0 Å². The second kappa shape index (κ2) is 9.39. The first kappa shape index (κ1) is 19.2. The lowest BCUT2D eigenvalue weighted by Gasteiger charge is -2.15. The molecule has 2 N–H and O–H groups in total. The van der Waals surface area contributed by atoms with Crippen molar-refractivity contribution in [3.8, 4) is 5.75 Å². The Hall–Kier alpha value is -3.12. The summed E-state index contributed by atoms with van der Waals surface area (Å²) in [5.74, 6) is -1.25. The molecule has 2 aromatic carbocycles. The number of aliphatic carboxylic acids is 1. The minimum absolute atomic E-state index is 0.0650. The third kappa shape index (κ3) is 4.94. The molecule has 0 aliphatic heterocycles. The molecule has 136 valence electrons. The van der Waals surface area contributed by atoms with Crippen molar-refractivity contribution in [1.82, 2.24) is 0 Å². The molecule has 6 nitrogen and oxygen atoms in total. The molecule has 0 spiro atoms. The van der Waals surface area contributed by atoms with E-state index in [0.717, 1.165) is 0 Å². The summed E-state index contributed by atoms with van der Waals surface area (Å²) in [6.07, 6.45) is -0.459. The molecule has 26 heavy (non-hydrogen) atoms. The van der Waals surface area contributed by atoms with Gasteiger partial charge in [-0.05, 0) is 28.8 Å². The fourth-order valence-electron chi connectivity index (χ4n) is 2.54. The Kier molecular flexibility index (Phi) is 6.93. The van der Waals surface area contributed by atoms with Crippen LogP contribution in [0.15, 0.2) is 60.2 Å². The van der Waals surface area contributed by atoms with Crippen molar-refractivity contribution < 1.29 is 29.3 Å². The minimum atomic E-state index is -1.12. The number of carboxylic acids is 1. The van der Waals surface area contributed by atoms with Gasteiger partial charge in [-0.15, -0.1) is 0 Å². The van der Waals surface area contributed by atoms with E-state index in [4.69, 9.17) is 14.6 Å². The summed E-state index contributed by atoms with van der Waals surface area (Å²) in [6.45, 7) is 0.0785. The number of benzene rings is 2. The van der Waals surface area contributed by atoms with Gasteiger partial charge in [-0.3, -0.25) is 4.79 Å². The number of carboxylic acid groups (broad SMARTS) is 1. The fraction of sp³-hybridized carbons (Fsp3) is 0.200. The Morgan fingerprint density at radius 2 is 1.58 bits per heavy atom. The highest BCUT2D eigenvalue weighted by molar-refractivity contribution is 6.04. The highest BCUT2D eigenvalue weighted by atomic mass is 16.5. The Balaban J connectivity index is 2.58. The molecular weight excluding hydrogens is 336 g/mol. The van der Waals surface area contributed by atoms with Gasteiger partial charge < -0.3 is 19.7 Å². The van der Waals surface area contributed by atoms with E-state index in [1.807, 2.05) is 18.2 Å². The first-order chi connectivity index (χ1) is 12.6. The number of ether oxygens (including phenoxy) is 2. The molecule has 0 fully saturated rings. The number of rotatable bonds is 8. The lowest BCUT2D eigenvalue weighted by molar-refractivity contribution is -0.141. The summed E-state index contributed by atoms with van der Waals surface area (Å²) >= 11 is 0.